The summed E-state index contributed by atoms with van der Waals surface area (Å²) in [6.45, 7) is 0.0764. The zero-order valence-corrected chi connectivity index (χ0v) is 15.0. The van der Waals surface area contributed by atoms with Gasteiger partial charge in [0.05, 0.1) is 19.4 Å². The number of rotatable bonds is 8. The minimum Gasteiger partial charge on any atom is -0.550 e. The van der Waals surface area contributed by atoms with Crippen LogP contribution < -0.4 is 46.0 Å². The Balaban J connectivity index is 0.00000288. The van der Waals surface area contributed by atoms with Gasteiger partial charge in [-0.25, -0.2) is 4.98 Å². The predicted molar refractivity (Wildman–Crippen MR) is 73.7 cm³/mol. The van der Waals surface area contributed by atoms with Gasteiger partial charge in [-0.3, -0.25) is 19.1 Å². The maximum atomic E-state index is 11.6. The number of H-pyrrole nitrogens is 1. The molecule has 0 saturated heterocycles. The number of ether oxygens (including phenoxy) is 2. The molecule has 0 aromatic carbocycles. The molecule has 0 bridgehead atoms. The van der Waals surface area contributed by atoms with Gasteiger partial charge in [-0.05, 0) is 6.42 Å². The number of aliphatic carboxylic acids is 1. The minimum atomic E-state index is -1.31. The van der Waals surface area contributed by atoms with Crippen LogP contribution in [0.5, 0.6) is 0 Å². The number of aromatic amines is 1. The third kappa shape index (κ3) is 5.60. The standard InChI is InChI=1S/C12H15N5O6.Na/c13-12-15-10-9(11(21)16-12)14-5-17(10)6-22-3-4-23-8(20)2-1-7(18)19;/h5H,1-4,6H2,(H,18,19)(H3,13,15,16,21);/q;+1/p-1. The van der Waals surface area contributed by atoms with E-state index in [4.69, 9.17) is 15.2 Å². The molecule has 0 fully saturated rings. The number of carboxylic acid groups (broad SMARTS) is 1. The number of esters is 1. The molecule has 11 nitrogen and oxygen atoms in total. The Morgan fingerprint density at radius 2 is 2.08 bits per heavy atom. The number of hydrogen-bond donors (Lipinski definition) is 2. The average Bonchev–Trinajstić information content (AvgIpc) is 2.88. The van der Waals surface area contributed by atoms with Crippen molar-refractivity contribution in [1.82, 2.24) is 19.5 Å². The summed E-state index contributed by atoms with van der Waals surface area (Å²) in [6.07, 6.45) is 0.737. The third-order valence-electron chi connectivity index (χ3n) is 2.75. The summed E-state index contributed by atoms with van der Waals surface area (Å²) in [4.78, 5) is 43.1. The maximum Gasteiger partial charge on any atom is 1.00 e. The van der Waals surface area contributed by atoms with Gasteiger partial charge in [0.2, 0.25) is 5.95 Å². The van der Waals surface area contributed by atoms with Crippen LogP contribution in [0.15, 0.2) is 11.1 Å². The van der Waals surface area contributed by atoms with Crippen LogP contribution in [0.3, 0.4) is 0 Å². The first-order valence-electron chi connectivity index (χ1n) is 6.61. The van der Waals surface area contributed by atoms with Crippen molar-refractivity contribution < 1.29 is 53.7 Å². The Hall–Kier alpha value is -1.95. The normalized spacial score (nSPS) is 10.3. The zero-order valence-electron chi connectivity index (χ0n) is 13.0. The van der Waals surface area contributed by atoms with Crippen molar-refractivity contribution in [2.45, 2.75) is 19.6 Å². The quantitative estimate of drug-likeness (QED) is 0.269. The summed E-state index contributed by atoms with van der Waals surface area (Å²) in [7, 11) is 0. The molecule has 0 aliphatic carbocycles. The summed E-state index contributed by atoms with van der Waals surface area (Å²) >= 11 is 0. The minimum absolute atomic E-state index is 0. The second-order valence-corrected chi connectivity index (χ2v) is 4.47. The van der Waals surface area contributed by atoms with Gasteiger partial charge < -0.3 is 25.1 Å². The van der Waals surface area contributed by atoms with E-state index in [1.54, 1.807) is 0 Å². The van der Waals surface area contributed by atoms with Gasteiger partial charge in [0, 0.05) is 5.97 Å². The molecule has 0 aliphatic rings. The molecule has 0 spiro atoms. The molecule has 0 unspecified atom stereocenters. The van der Waals surface area contributed by atoms with Gasteiger partial charge in [0.15, 0.2) is 11.2 Å². The molecule has 2 aromatic heterocycles. The Morgan fingerprint density at radius 1 is 1.33 bits per heavy atom. The molecular formula is C12H14N5NaO6. The summed E-state index contributed by atoms with van der Waals surface area (Å²) < 4.78 is 11.5. The van der Waals surface area contributed by atoms with Crippen molar-refractivity contribution in [3.63, 3.8) is 0 Å². The van der Waals surface area contributed by atoms with Crippen molar-refractivity contribution in [2.24, 2.45) is 0 Å². The van der Waals surface area contributed by atoms with Crippen LogP contribution in [0.25, 0.3) is 11.2 Å². The number of hydrogen-bond acceptors (Lipinski definition) is 9. The molecule has 3 N–H and O–H groups in total. The first-order chi connectivity index (χ1) is 11.0. The Kier molecular flexibility index (Phi) is 7.85. The van der Waals surface area contributed by atoms with Gasteiger partial charge in [-0.1, -0.05) is 0 Å². The molecule has 24 heavy (non-hydrogen) atoms. The summed E-state index contributed by atoms with van der Waals surface area (Å²) in [5.41, 5.74) is 5.42. The van der Waals surface area contributed by atoms with E-state index in [0.717, 1.165) is 0 Å². The fourth-order valence-electron chi connectivity index (χ4n) is 1.72. The molecule has 0 saturated carbocycles. The van der Waals surface area contributed by atoms with E-state index in [1.807, 2.05) is 0 Å². The van der Waals surface area contributed by atoms with Gasteiger partial charge in [-0.2, -0.15) is 4.98 Å². The van der Waals surface area contributed by atoms with Gasteiger partial charge in [0.25, 0.3) is 5.56 Å². The molecule has 2 aromatic rings. The van der Waals surface area contributed by atoms with Crippen LogP contribution in [0.2, 0.25) is 0 Å². The van der Waals surface area contributed by atoms with Crippen molar-refractivity contribution in [1.29, 1.82) is 0 Å². The number of nitrogens with zero attached hydrogens (tertiary/aromatic N) is 3. The number of aromatic nitrogens is 4. The van der Waals surface area contributed by atoms with Crippen molar-refractivity contribution >= 4 is 29.1 Å². The Labute approximate surface area is 157 Å². The number of nitrogens with one attached hydrogen (secondary N) is 1. The number of nitrogen functional groups attached to an aromatic ring is 1. The first-order valence-corrected chi connectivity index (χ1v) is 6.61. The number of anilines is 1. The molecule has 124 valence electrons. The smallest absolute Gasteiger partial charge is 0.550 e. The number of imidazole rings is 1. The number of carbonyl (C=O) groups is 2. The third-order valence-corrected chi connectivity index (χ3v) is 2.75. The molecule has 0 amide bonds. The second-order valence-electron chi connectivity index (χ2n) is 4.47. The molecule has 2 rings (SSSR count). The van der Waals surface area contributed by atoms with Crippen molar-refractivity contribution in [2.75, 3.05) is 18.9 Å². The van der Waals surface area contributed by atoms with Crippen molar-refractivity contribution in [3.05, 3.63) is 16.7 Å². The van der Waals surface area contributed by atoms with E-state index in [-0.39, 0.29) is 79.5 Å². The van der Waals surface area contributed by atoms with Crippen LogP contribution in [0, 0.1) is 0 Å². The molecule has 2 heterocycles. The molecule has 0 aliphatic heterocycles. The Morgan fingerprint density at radius 3 is 2.79 bits per heavy atom. The van der Waals surface area contributed by atoms with Crippen LogP contribution >= 0.6 is 0 Å². The first kappa shape index (κ1) is 20.1. The Bertz CT molecular complexity index is 773. The molecule has 12 heteroatoms. The second kappa shape index (κ2) is 9.37. The van der Waals surface area contributed by atoms with E-state index in [1.165, 1.54) is 10.9 Å². The topological polar surface area (TPSA) is 165 Å². The summed E-state index contributed by atoms with van der Waals surface area (Å²) in [6, 6.07) is 0. The van der Waals surface area contributed by atoms with Crippen LogP contribution in [-0.2, 0) is 25.8 Å². The number of carbonyl (C=O) groups excluding carboxylic acids is 2. The van der Waals surface area contributed by atoms with E-state index in [9.17, 15) is 19.5 Å². The van der Waals surface area contributed by atoms with Crippen LogP contribution in [0.1, 0.15) is 12.8 Å². The maximum absolute atomic E-state index is 11.6. The molecule has 0 radical (unpaired) electrons. The fraction of sp³-hybridized carbons (Fsp3) is 0.417. The average molecular weight is 347 g/mol. The SMILES string of the molecule is Nc1nc2c(ncn2COCCOC(=O)CCC(=O)[O-])c(=O)[nH]1.[Na+]. The van der Waals surface area contributed by atoms with Gasteiger partial charge in [0.1, 0.15) is 13.3 Å². The van der Waals surface area contributed by atoms with E-state index in [2.05, 4.69) is 15.0 Å². The molecule has 0 atom stereocenters. The van der Waals surface area contributed by atoms with Crippen LogP contribution in [0.4, 0.5) is 5.95 Å². The largest absolute Gasteiger partial charge is 1.00 e. The van der Waals surface area contributed by atoms with E-state index in [0.29, 0.717) is 0 Å². The number of carboxylic acids is 1. The van der Waals surface area contributed by atoms with E-state index < -0.39 is 17.5 Å². The monoisotopic (exact) mass is 347 g/mol. The summed E-state index contributed by atoms with van der Waals surface area (Å²) in [5, 5.41) is 10.2. The number of fused-ring (bicyclic) bond motifs is 1. The van der Waals surface area contributed by atoms with Gasteiger partial charge >= 0.3 is 35.5 Å². The molecular weight excluding hydrogens is 333 g/mol. The van der Waals surface area contributed by atoms with E-state index >= 15 is 0 Å². The number of nitrogens with two attached hydrogens (primary N) is 1. The van der Waals surface area contributed by atoms with Crippen LogP contribution in [-0.4, -0.2) is 44.7 Å². The van der Waals surface area contributed by atoms with Gasteiger partial charge in [-0.15, -0.1) is 0 Å². The zero-order chi connectivity index (χ0) is 16.8. The van der Waals surface area contributed by atoms with Crippen molar-refractivity contribution in [3.8, 4) is 0 Å². The fourth-order valence-corrected chi connectivity index (χ4v) is 1.72. The predicted octanol–water partition coefficient (Wildman–Crippen LogP) is -5.25. The summed E-state index contributed by atoms with van der Waals surface area (Å²) in [5.74, 6) is -2.00.